The van der Waals surface area contributed by atoms with Crippen molar-refractivity contribution < 1.29 is 14.3 Å². The Morgan fingerprint density at radius 3 is 2.64 bits per heavy atom. The Bertz CT molecular complexity index is 954. The van der Waals surface area contributed by atoms with Crippen molar-refractivity contribution in [1.29, 1.82) is 0 Å². The van der Waals surface area contributed by atoms with E-state index >= 15 is 0 Å². The van der Waals surface area contributed by atoms with Gasteiger partial charge < -0.3 is 14.8 Å². The highest BCUT2D eigenvalue weighted by Crippen LogP contribution is 2.27. The van der Waals surface area contributed by atoms with E-state index in [2.05, 4.69) is 15.3 Å². The molecule has 0 aliphatic heterocycles. The maximum absolute atomic E-state index is 12.5. The van der Waals surface area contributed by atoms with Crippen LogP contribution in [0.3, 0.4) is 0 Å². The van der Waals surface area contributed by atoms with Crippen LogP contribution in [-0.2, 0) is 11.4 Å². The number of benzene rings is 1. The molecule has 2 aromatic heterocycles. The van der Waals surface area contributed by atoms with Gasteiger partial charge in [-0.15, -0.1) is 0 Å². The molecule has 1 amide bonds. The number of carbonyl (C=O) groups excluding carboxylic acids is 1. The minimum atomic E-state index is -0.785. The number of pyridine rings is 2. The predicted molar refractivity (Wildman–Crippen MR) is 108 cm³/mol. The summed E-state index contributed by atoms with van der Waals surface area (Å²) < 4.78 is 11.4. The number of nitrogens with zero attached hydrogens (tertiary/aromatic N) is 2. The summed E-state index contributed by atoms with van der Waals surface area (Å²) in [4.78, 5) is 20.6. The average Bonchev–Trinajstić information content (AvgIpc) is 2.71. The molecule has 1 unspecified atom stereocenters. The van der Waals surface area contributed by atoms with Crippen LogP contribution in [0, 0.1) is 0 Å². The first-order chi connectivity index (χ1) is 13.5. The molecule has 2 heterocycles. The molecule has 3 rings (SSSR count). The van der Waals surface area contributed by atoms with Gasteiger partial charge in [0.1, 0.15) is 12.4 Å². The second kappa shape index (κ2) is 9.39. The van der Waals surface area contributed by atoms with Crippen molar-refractivity contribution in [1.82, 2.24) is 9.97 Å². The van der Waals surface area contributed by atoms with Crippen LogP contribution in [-0.4, -0.2) is 22.0 Å². The SMILES string of the molecule is CC(Oc1ccc(Cl)c(Cl)c1)C(=O)Nc1ncccc1OCc1ccncc1. The summed E-state index contributed by atoms with van der Waals surface area (Å²) in [6.07, 6.45) is 4.16. The Kier molecular flexibility index (Phi) is 6.68. The summed E-state index contributed by atoms with van der Waals surface area (Å²) in [5, 5.41) is 3.48. The molecule has 0 fully saturated rings. The molecule has 3 aromatic rings. The molecular weight excluding hydrogens is 401 g/mol. The van der Waals surface area contributed by atoms with Gasteiger partial charge in [-0.1, -0.05) is 23.2 Å². The van der Waals surface area contributed by atoms with E-state index in [0.29, 0.717) is 34.0 Å². The summed E-state index contributed by atoms with van der Waals surface area (Å²) in [6, 6.07) is 12.0. The van der Waals surface area contributed by atoms with E-state index < -0.39 is 6.10 Å². The van der Waals surface area contributed by atoms with Crippen LogP contribution in [0.25, 0.3) is 0 Å². The molecule has 0 saturated heterocycles. The fourth-order valence-electron chi connectivity index (χ4n) is 2.27. The largest absolute Gasteiger partial charge is 0.485 e. The van der Waals surface area contributed by atoms with Crippen LogP contribution in [0.2, 0.25) is 10.0 Å². The van der Waals surface area contributed by atoms with Crippen molar-refractivity contribution in [2.24, 2.45) is 0 Å². The zero-order valence-corrected chi connectivity index (χ0v) is 16.4. The standard InChI is InChI=1S/C20H17Cl2N3O3/c1-13(28-15-4-5-16(21)17(22)11-15)20(26)25-19-18(3-2-8-24-19)27-12-14-6-9-23-10-7-14/h2-11,13H,12H2,1H3,(H,24,25,26). The number of nitrogens with one attached hydrogen (secondary N) is 1. The molecule has 144 valence electrons. The zero-order valence-electron chi connectivity index (χ0n) is 14.9. The van der Waals surface area contributed by atoms with Crippen molar-refractivity contribution in [3.8, 4) is 11.5 Å². The van der Waals surface area contributed by atoms with Crippen molar-refractivity contribution in [2.45, 2.75) is 19.6 Å². The molecule has 0 radical (unpaired) electrons. The molecular formula is C20H17Cl2N3O3. The van der Waals surface area contributed by atoms with Gasteiger partial charge in [-0.05, 0) is 48.9 Å². The van der Waals surface area contributed by atoms with E-state index in [1.807, 2.05) is 12.1 Å². The van der Waals surface area contributed by atoms with Crippen molar-refractivity contribution in [2.75, 3.05) is 5.32 Å². The van der Waals surface area contributed by atoms with Gasteiger partial charge >= 0.3 is 0 Å². The van der Waals surface area contributed by atoms with Crippen LogP contribution in [0.1, 0.15) is 12.5 Å². The zero-order chi connectivity index (χ0) is 19.9. The van der Waals surface area contributed by atoms with E-state index in [0.717, 1.165) is 5.56 Å². The first-order valence-electron chi connectivity index (χ1n) is 8.42. The smallest absolute Gasteiger partial charge is 0.266 e. The molecule has 0 aliphatic carbocycles. The Morgan fingerprint density at radius 1 is 1.11 bits per heavy atom. The summed E-state index contributed by atoms with van der Waals surface area (Å²) >= 11 is 11.9. The van der Waals surface area contributed by atoms with Gasteiger partial charge in [-0.25, -0.2) is 4.98 Å². The predicted octanol–water partition coefficient (Wildman–Crippen LogP) is 4.77. The van der Waals surface area contributed by atoms with E-state index in [-0.39, 0.29) is 5.91 Å². The fraction of sp³-hybridized carbons (Fsp3) is 0.150. The van der Waals surface area contributed by atoms with Gasteiger partial charge in [0.15, 0.2) is 17.7 Å². The minimum Gasteiger partial charge on any atom is -0.485 e. The lowest BCUT2D eigenvalue weighted by Crippen LogP contribution is -2.30. The summed E-state index contributed by atoms with van der Waals surface area (Å²) in [7, 11) is 0. The first kappa shape index (κ1) is 19.9. The Balaban J connectivity index is 1.63. The van der Waals surface area contributed by atoms with Crippen molar-refractivity contribution >= 4 is 34.9 Å². The van der Waals surface area contributed by atoms with E-state index in [1.165, 1.54) is 0 Å². The fourth-order valence-corrected chi connectivity index (χ4v) is 2.56. The lowest BCUT2D eigenvalue weighted by molar-refractivity contribution is -0.122. The third kappa shape index (κ3) is 5.34. The first-order valence-corrected chi connectivity index (χ1v) is 9.18. The quantitative estimate of drug-likeness (QED) is 0.599. The molecule has 1 aromatic carbocycles. The Hall–Kier alpha value is -2.83. The van der Waals surface area contributed by atoms with Crippen LogP contribution in [0.5, 0.6) is 11.5 Å². The van der Waals surface area contributed by atoms with Gasteiger partial charge in [-0.2, -0.15) is 0 Å². The summed E-state index contributed by atoms with van der Waals surface area (Å²) in [5.74, 6) is 0.825. The Labute approximate surface area is 172 Å². The van der Waals surface area contributed by atoms with E-state index in [4.69, 9.17) is 32.7 Å². The number of carbonyl (C=O) groups is 1. The van der Waals surface area contributed by atoms with Crippen molar-refractivity contribution in [3.63, 3.8) is 0 Å². The molecule has 28 heavy (non-hydrogen) atoms. The second-order valence-electron chi connectivity index (χ2n) is 5.82. The second-order valence-corrected chi connectivity index (χ2v) is 6.63. The highest BCUT2D eigenvalue weighted by molar-refractivity contribution is 6.42. The average molecular weight is 418 g/mol. The maximum Gasteiger partial charge on any atom is 0.266 e. The number of hydrogen-bond acceptors (Lipinski definition) is 5. The molecule has 0 aliphatic rings. The monoisotopic (exact) mass is 417 g/mol. The van der Waals surface area contributed by atoms with Crippen LogP contribution in [0.15, 0.2) is 61.1 Å². The van der Waals surface area contributed by atoms with E-state index in [9.17, 15) is 4.79 Å². The lowest BCUT2D eigenvalue weighted by Gasteiger charge is -2.16. The molecule has 0 spiro atoms. The van der Waals surface area contributed by atoms with Crippen molar-refractivity contribution in [3.05, 3.63) is 76.7 Å². The third-order valence-corrected chi connectivity index (χ3v) is 4.47. The van der Waals surface area contributed by atoms with Crippen LogP contribution < -0.4 is 14.8 Å². The van der Waals surface area contributed by atoms with E-state index in [1.54, 1.807) is 55.8 Å². The van der Waals surface area contributed by atoms with Crippen LogP contribution in [0.4, 0.5) is 5.82 Å². The lowest BCUT2D eigenvalue weighted by atomic mass is 10.3. The minimum absolute atomic E-state index is 0.311. The topological polar surface area (TPSA) is 73.3 Å². The molecule has 1 N–H and O–H groups in total. The van der Waals surface area contributed by atoms with Gasteiger partial charge in [-0.3, -0.25) is 9.78 Å². The maximum atomic E-state index is 12.5. The molecule has 0 bridgehead atoms. The number of hydrogen-bond donors (Lipinski definition) is 1. The van der Waals surface area contributed by atoms with Crippen LogP contribution >= 0.6 is 23.2 Å². The number of halogens is 2. The van der Waals surface area contributed by atoms with Gasteiger partial charge in [0.25, 0.3) is 5.91 Å². The molecule has 1 atom stereocenters. The van der Waals surface area contributed by atoms with Gasteiger partial charge in [0.05, 0.1) is 10.0 Å². The summed E-state index contributed by atoms with van der Waals surface area (Å²) in [6.45, 7) is 1.95. The Morgan fingerprint density at radius 2 is 1.89 bits per heavy atom. The van der Waals surface area contributed by atoms with Gasteiger partial charge in [0, 0.05) is 24.7 Å². The number of anilines is 1. The number of amides is 1. The summed E-state index contributed by atoms with van der Waals surface area (Å²) in [5.41, 5.74) is 0.951. The normalized spacial score (nSPS) is 11.5. The highest BCUT2D eigenvalue weighted by Gasteiger charge is 2.18. The molecule has 6 nitrogen and oxygen atoms in total. The third-order valence-electron chi connectivity index (χ3n) is 3.73. The van der Waals surface area contributed by atoms with Gasteiger partial charge in [0.2, 0.25) is 0 Å². The number of aromatic nitrogens is 2. The molecule has 0 saturated carbocycles. The number of ether oxygens (including phenoxy) is 2. The molecule has 8 heteroatoms. The number of rotatable bonds is 7. The highest BCUT2D eigenvalue weighted by atomic mass is 35.5.